The van der Waals surface area contributed by atoms with E-state index < -0.39 is 12.0 Å². The topological polar surface area (TPSA) is 63.3 Å². The summed E-state index contributed by atoms with van der Waals surface area (Å²) in [5.74, 6) is -1.01. The lowest BCUT2D eigenvalue weighted by molar-refractivity contribution is -0.138. The Bertz CT molecular complexity index is 767. The van der Waals surface area contributed by atoms with E-state index in [4.69, 9.17) is 5.73 Å². The van der Waals surface area contributed by atoms with Gasteiger partial charge in [-0.3, -0.25) is 4.79 Å². The average molecular weight is 265 g/mol. The minimum Gasteiger partial charge on any atom is -0.480 e. The van der Waals surface area contributed by atoms with Gasteiger partial charge in [-0.1, -0.05) is 48.5 Å². The number of aliphatic carboxylic acids is 1. The maximum Gasteiger partial charge on any atom is 0.325 e. The van der Waals surface area contributed by atoms with Crippen molar-refractivity contribution in [2.75, 3.05) is 0 Å². The number of benzene rings is 3. The summed E-state index contributed by atoms with van der Waals surface area (Å²) >= 11 is 0. The molecule has 0 aromatic heterocycles. The highest BCUT2D eigenvalue weighted by Crippen LogP contribution is 2.35. The highest BCUT2D eigenvalue weighted by Gasteiger charge is 2.21. The first-order chi connectivity index (χ1) is 9.61. The van der Waals surface area contributed by atoms with Crippen molar-refractivity contribution in [1.29, 1.82) is 0 Å². The lowest BCUT2D eigenvalue weighted by Crippen LogP contribution is -2.21. The molecule has 3 aromatic carbocycles. The highest BCUT2D eigenvalue weighted by atomic mass is 16.4. The van der Waals surface area contributed by atoms with Crippen LogP contribution in [-0.4, -0.2) is 11.1 Å². The van der Waals surface area contributed by atoms with Gasteiger partial charge in [0.15, 0.2) is 0 Å². The normalized spacial score (nSPS) is 12.7. The third kappa shape index (κ3) is 1.75. The molecule has 3 aromatic rings. The first kappa shape index (κ1) is 12.6. The van der Waals surface area contributed by atoms with Crippen molar-refractivity contribution in [2.45, 2.75) is 13.0 Å². The van der Waals surface area contributed by atoms with Crippen LogP contribution in [0.2, 0.25) is 0 Å². The zero-order valence-electron chi connectivity index (χ0n) is 11.1. The minimum absolute atomic E-state index is 0.689. The molecule has 3 N–H and O–H groups in total. The van der Waals surface area contributed by atoms with Gasteiger partial charge < -0.3 is 10.8 Å². The summed E-state index contributed by atoms with van der Waals surface area (Å²) < 4.78 is 0. The summed E-state index contributed by atoms with van der Waals surface area (Å²) in [6.07, 6.45) is 0. The van der Waals surface area contributed by atoms with Crippen molar-refractivity contribution >= 4 is 27.5 Å². The Morgan fingerprint density at radius 2 is 1.35 bits per heavy atom. The van der Waals surface area contributed by atoms with Crippen LogP contribution < -0.4 is 5.73 Å². The Kier molecular flexibility index (Phi) is 2.92. The molecule has 1 atom stereocenters. The molecule has 0 aliphatic rings. The minimum atomic E-state index is -1.02. The molecule has 0 amide bonds. The quantitative estimate of drug-likeness (QED) is 0.698. The van der Waals surface area contributed by atoms with Crippen molar-refractivity contribution in [3.05, 3.63) is 59.7 Å². The molecule has 3 rings (SSSR count). The van der Waals surface area contributed by atoms with Crippen molar-refractivity contribution in [3.63, 3.8) is 0 Å². The van der Waals surface area contributed by atoms with Gasteiger partial charge in [-0.05, 0) is 39.6 Å². The van der Waals surface area contributed by atoms with Gasteiger partial charge in [0.2, 0.25) is 0 Å². The van der Waals surface area contributed by atoms with Gasteiger partial charge in [-0.25, -0.2) is 0 Å². The van der Waals surface area contributed by atoms with Crippen LogP contribution in [0, 0.1) is 6.92 Å². The van der Waals surface area contributed by atoms with Crippen molar-refractivity contribution in [3.8, 4) is 0 Å². The Hall–Kier alpha value is -2.39. The van der Waals surface area contributed by atoms with Crippen LogP contribution in [0.15, 0.2) is 48.5 Å². The standard InChI is InChI=1S/C17H15NO2/c1-10-11-6-2-4-8-13(11)15(16(18)17(19)20)14-9-5-3-7-12(10)14/h2-9,16H,18H2,1H3,(H,19,20)/t16-/m1/s1. The van der Waals surface area contributed by atoms with Crippen LogP contribution in [0.1, 0.15) is 17.2 Å². The lowest BCUT2D eigenvalue weighted by Gasteiger charge is -2.17. The molecule has 0 spiro atoms. The molecule has 3 nitrogen and oxygen atoms in total. The molecular weight excluding hydrogens is 250 g/mol. The Labute approximate surface area is 116 Å². The van der Waals surface area contributed by atoms with Crippen molar-refractivity contribution < 1.29 is 9.90 Å². The predicted molar refractivity (Wildman–Crippen MR) is 80.8 cm³/mol. The van der Waals surface area contributed by atoms with E-state index in [2.05, 4.69) is 6.92 Å². The van der Waals surface area contributed by atoms with E-state index in [0.29, 0.717) is 5.56 Å². The molecule has 0 fully saturated rings. The number of carboxylic acids is 1. The van der Waals surface area contributed by atoms with Crippen LogP contribution in [0.4, 0.5) is 0 Å². The molecule has 0 heterocycles. The molecule has 0 saturated heterocycles. The molecular formula is C17H15NO2. The summed E-state index contributed by atoms with van der Waals surface area (Å²) in [6.45, 7) is 2.06. The number of carboxylic acid groups (broad SMARTS) is 1. The molecule has 0 radical (unpaired) electrons. The maximum absolute atomic E-state index is 11.3. The fraction of sp³-hybridized carbons (Fsp3) is 0.118. The van der Waals surface area contributed by atoms with E-state index in [1.165, 1.54) is 0 Å². The van der Waals surface area contributed by atoms with Crippen molar-refractivity contribution in [2.24, 2.45) is 5.73 Å². The summed E-state index contributed by atoms with van der Waals surface area (Å²) in [5, 5.41) is 13.2. The average Bonchev–Trinajstić information content (AvgIpc) is 2.47. The monoisotopic (exact) mass is 265 g/mol. The zero-order valence-corrected chi connectivity index (χ0v) is 11.1. The van der Waals surface area contributed by atoms with E-state index >= 15 is 0 Å². The van der Waals surface area contributed by atoms with Crippen LogP contribution in [0.25, 0.3) is 21.5 Å². The van der Waals surface area contributed by atoms with E-state index in [9.17, 15) is 9.90 Å². The summed E-state index contributed by atoms with van der Waals surface area (Å²) in [4.78, 5) is 11.3. The van der Waals surface area contributed by atoms with Crippen LogP contribution in [0.5, 0.6) is 0 Å². The molecule has 3 heteroatoms. The number of rotatable bonds is 2. The number of carbonyl (C=O) groups is 1. The molecule has 100 valence electrons. The van der Waals surface area contributed by atoms with E-state index in [1.54, 1.807) is 0 Å². The summed E-state index contributed by atoms with van der Waals surface area (Å²) in [6, 6.07) is 14.6. The van der Waals surface area contributed by atoms with Gasteiger partial charge in [0, 0.05) is 0 Å². The second-order valence-corrected chi connectivity index (χ2v) is 4.95. The Morgan fingerprint density at radius 1 is 0.950 bits per heavy atom. The number of aryl methyl sites for hydroxylation is 1. The lowest BCUT2D eigenvalue weighted by atomic mass is 9.89. The van der Waals surface area contributed by atoms with Gasteiger partial charge in [-0.2, -0.15) is 0 Å². The summed E-state index contributed by atoms with van der Waals surface area (Å²) in [7, 11) is 0. The molecule has 20 heavy (non-hydrogen) atoms. The van der Waals surface area contributed by atoms with Crippen LogP contribution >= 0.6 is 0 Å². The molecule has 0 bridgehead atoms. The SMILES string of the molecule is Cc1c2ccccc2c([C@@H](N)C(=O)O)c2ccccc12. The molecule has 0 saturated carbocycles. The van der Waals surface area contributed by atoms with Gasteiger partial charge in [0.1, 0.15) is 6.04 Å². The van der Waals surface area contributed by atoms with E-state index in [-0.39, 0.29) is 0 Å². The molecule has 0 unspecified atom stereocenters. The number of fused-ring (bicyclic) bond motifs is 2. The second kappa shape index (κ2) is 4.62. The van der Waals surface area contributed by atoms with Gasteiger partial charge in [-0.15, -0.1) is 0 Å². The zero-order chi connectivity index (χ0) is 14.3. The molecule has 0 aliphatic carbocycles. The first-order valence-corrected chi connectivity index (χ1v) is 6.49. The maximum atomic E-state index is 11.3. The smallest absolute Gasteiger partial charge is 0.325 e. The van der Waals surface area contributed by atoms with E-state index in [1.807, 2.05) is 48.5 Å². The fourth-order valence-electron chi connectivity index (χ4n) is 2.84. The van der Waals surface area contributed by atoms with E-state index in [0.717, 1.165) is 27.1 Å². The third-order valence-corrected chi connectivity index (χ3v) is 3.82. The third-order valence-electron chi connectivity index (χ3n) is 3.82. The predicted octanol–water partition coefficient (Wildman–Crippen LogP) is 3.39. The van der Waals surface area contributed by atoms with Crippen LogP contribution in [0.3, 0.4) is 0 Å². The van der Waals surface area contributed by atoms with Gasteiger partial charge in [0.25, 0.3) is 0 Å². The number of hydrogen-bond donors (Lipinski definition) is 2. The Balaban J connectivity index is 2.56. The second-order valence-electron chi connectivity index (χ2n) is 4.95. The van der Waals surface area contributed by atoms with Gasteiger partial charge >= 0.3 is 5.97 Å². The highest BCUT2D eigenvalue weighted by molar-refractivity contribution is 6.07. The van der Waals surface area contributed by atoms with Gasteiger partial charge in [0.05, 0.1) is 0 Å². The number of nitrogens with two attached hydrogens (primary N) is 1. The first-order valence-electron chi connectivity index (χ1n) is 6.49. The largest absolute Gasteiger partial charge is 0.480 e. The van der Waals surface area contributed by atoms with Crippen LogP contribution in [-0.2, 0) is 4.79 Å². The van der Waals surface area contributed by atoms with Crippen molar-refractivity contribution in [1.82, 2.24) is 0 Å². The number of hydrogen-bond acceptors (Lipinski definition) is 2. The fourth-order valence-corrected chi connectivity index (χ4v) is 2.84. The molecule has 0 aliphatic heterocycles. The Morgan fingerprint density at radius 3 is 1.75 bits per heavy atom. The summed E-state index contributed by atoms with van der Waals surface area (Å²) in [5.41, 5.74) is 7.76.